The number of aromatic nitrogens is 3. The second-order valence-corrected chi connectivity index (χ2v) is 7.08. The number of amides is 1. The van der Waals surface area contributed by atoms with E-state index in [4.69, 9.17) is 0 Å². The van der Waals surface area contributed by atoms with Gasteiger partial charge in [-0.2, -0.15) is 13.2 Å². The van der Waals surface area contributed by atoms with Crippen LogP contribution in [-0.4, -0.2) is 51.5 Å². The molecule has 2 aromatic heterocycles. The summed E-state index contributed by atoms with van der Waals surface area (Å²) < 4.78 is 40.7. The second kappa shape index (κ2) is 7.81. The molecule has 0 aliphatic carbocycles. The number of hydrogen-bond donors (Lipinski definition) is 0. The maximum atomic E-state index is 12.9. The Kier molecular flexibility index (Phi) is 5.19. The van der Waals surface area contributed by atoms with Crippen molar-refractivity contribution < 1.29 is 18.0 Å². The summed E-state index contributed by atoms with van der Waals surface area (Å²) in [5, 5.41) is 0. The van der Waals surface area contributed by atoms with Crippen LogP contribution in [0.3, 0.4) is 0 Å². The van der Waals surface area contributed by atoms with Gasteiger partial charge in [0.1, 0.15) is 17.5 Å². The Morgan fingerprint density at radius 1 is 0.933 bits per heavy atom. The molecule has 1 aliphatic rings. The molecule has 0 unspecified atom stereocenters. The summed E-state index contributed by atoms with van der Waals surface area (Å²) in [6.45, 7) is 3.69. The first kappa shape index (κ1) is 19.9. The Labute approximate surface area is 171 Å². The summed E-state index contributed by atoms with van der Waals surface area (Å²) in [5.41, 5.74) is -0.771. The number of alkyl halides is 3. The Balaban J connectivity index is 1.46. The van der Waals surface area contributed by atoms with E-state index in [0.29, 0.717) is 32.0 Å². The van der Waals surface area contributed by atoms with E-state index in [1.165, 1.54) is 12.1 Å². The van der Waals surface area contributed by atoms with Gasteiger partial charge in [0.15, 0.2) is 0 Å². The van der Waals surface area contributed by atoms with E-state index in [9.17, 15) is 18.0 Å². The van der Waals surface area contributed by atoms with E-state index in [1.54, 1.807) is 4.90 Å². The van der Waals surface area contributed by atoms with Gasteiger partial charge in [-0.05, 0) is 37.3 Å². The van der Waals surface area contributed by atoms with Crippen molar-refractivity contribution in [3.8, 4) is 5.82 Å². The molecule has 0 saturated carbocycles. The molecule has 6 nitrogen and oxygen atoms in total. The number of rotatable bonds is 3. The molecule has 0 atom stereocenters. The van der Waals surface area contributed by atoms with Crippen LogP contribution in [0.15, 0.2) is 54.9 Å². The van der Waals surface area contributed by atoms with E-state index in [0.717, 1.165) is 23.8 Å². The molecule has 0 radical (unpaired) electrons. The predicted molar refractivity (Wildman–Crippen MR) is 106 cm³/mol. The predicted octanol–water partition coefficient (Wildman–Crippen LogP) is 3.56. The quantitative estimate of drug-likeness (QED) is 0.657. The third-order valence-corrected chi connectivity index (χ3v) is 5.01. The molecule has 4 rings (SSSR count). The van der Waals surface area contributed by atoms with Gasteiger partial charge < -0.3 is 14.4 Å². The van der Waals surface area contributed by atoms with Gasteiger partial charge in [-0.25, -0.2) is 9.97 Å². The normalized spacial score (nSPS) is 14.8. The van der Waals surface area contributed by atoms with Crippen molar-refractivity contribution in [1.29, 1.82) is 0 Å². The molecular formula is C21H20F3N5O. The van der Waals surface area contributed by atoms with Gasteiger partial charge in [0, 0.05) is 50.2 Å². The molecule has 0 spiro atoms. The molecule has 1 fully saturated rings. The van der Waals surface area contributed by atoms with Crippen LogP contribution < -0.4 is 4.90 Å². The van der Waals surface area contributed by atoms with Crippen molar-refractivity contribution in [2.45, 2.75) is 13.1 Å². The third-order valence-electron chi connectivity index (χ3n) is 5.01. The molecule has 1 amide bonds. The Morgan fingerprint density at radius 2 is 1.60 bits per heavy atom. The fraction of sp³-hybridized carbons (Fsp3) is 0.286. The summed E-state index contributed by atoms with van der Waals surface area (Å²) in [7, 11) is 0. The summed E-state index contributed by atoms with van der Waals surface area (Å²) in [5.74, 6) is 1.76. The van der Waals surface area contributed by atoms with Crippen LogP contribution >= 0.6 is 0 Å². The van der Waals surface area contributed by atoms with Crippen LogP contribution in [0.25, 0.3) is 5.82 Å². The van der Waals surface area contributed by atoms with Gasteiger partial charge in [0.05, 0.1) is 5.56 Å². The highest BCUT2D eigenvalue weighted by Crippen LogP contribution is 2.30. The summed E-state index contributed by atoms with van der Waals surface area (Å²) in [4.78, 5) is 25.3. The maximum absolute atomic E-state index is 12.9. The van der Waals surface area contributed by atoms with E-state index < -0.39 is 17.6 Å². The lowest BCUT2D eigenvalue weighted by Crippen LogP contribution is -2.49. The van der Waals surface area contributed by atoms with Crippen LogP contribution in [0.4, 0.5) is 19.0 Å². The molecule has 0 N–H and O–H groups in total. The lowest BCUT2D eigenvalue weighted by atomic mass is 10.1. The topological polar surface area (TPSA) is 54.3 Å². The molecule has 3 heterocycles. The molecule has 1 aromatic carbocycles. The Bertz CT molecular complexity index is 1040. The lowest BCUT2D eigenvalue weighted by Gasteiger charge is -2.35. The largest absolute Gasteiger partial charge is 0.416 e. The Morgan fingerprint density at radius 3 is 2.27 bits per heavy atom. The molecule has 1 saturated heterocycles. The lowest BCUT2D eigenvalue weighted by molar-refractivity contribution is -0.137. The average Bonchev–Trinajstić information content (AvgIpc) is 3.27. The third kappa shape index (κ3) is 4.14. The fourth-order valence-electron chi connectivity index (χ4n) is 3.47. The highest BCUT2D eigenvalue weighted by atomic mass is 19.4. The van der Waals surface area contributed by atoms with Gasteiger partial charge in [-0.15, -0.1) is 0 Å². The highest BCUT2D eigenvalue weighted by Gasteiger charge is 2.31. The maximum Gasteiger partial charge on any atom is 0.416 e. The smallest absolute Gasteiger partial charge is 0.353 e. The molecule has 0 bridgehead atoms. The number of halogens is 3. The van der Waals surface area contributed by atoms with Crippen molar-refractivity contribution in [1.82, 2.24) is 19.4 Å². The van der Waals surface area contributed by atoms with Gasteiger partial charge in [0.2, 0.25) is 0 Å². The first-order valence-electron chi connectivity index (χ1n) is 9.52. The summed E-state index contributed by atoms with van der Waals surface area (Å²) in [6, 6.07) is 10.3. The van der Waals surface area contributed by atoms with Gasteiger partial charge >= 0.3 is 6.18 Å². The minimum absolute atomic E-state index is 0.0473. The number of carbonyl (C=O) groups excluding carboxylic acids is 1. The summed E-state index contributed by atoms with van der Waals surface area (Å²) in [6.07, 6.45) is -0.675. The minimum Gasteiger partial charge on any atom is -0.353 e. The van der Waals surface area contributed by atoms with Crippen molar-refractivity contribution in [3.63, 3.8) is 0 Å². The van der Waals surface area contributed by atoms with Crippen LogP contribution in [0.2, 0.25) is 0 Å². The number of piperazine rings is 1. The number of nitrogens with zero attached hydrogens (tertiary/aromatic N) is 5. The molecule has 30 heavy (non-hydrogen) atoms. The van der Waals surface area contributed by atoms with E-state index in [2.05, 4.69) is 14.9 Å². The monoisotopic (exact) mass is 415 g/mol. The minimum atomic E-state index is -4.47. The van der Waals surface area contributed by atoms with Crippen molar-refractivity contribution in [3.05, 3.63) is 71.8 Å². The van der Waals surface area contributed by atoms with Gasteiger partial charge in [-0.1, -0.05) is 6.07 Å². The van der Waals surface area contributed by atoms with E-state index in [1.807, 2.05) is 42.1 Å². The zero-order valence-corrected chi connectivity index (χ0v) is 16.3. The van der Waals surface area contributed by atoms with E-state index in [-0.39, 0.29) is 5.56 Å². The van der Waals surface area contributed by atoms with Crippen molar-refractivity contribution in [2.75, 3.05) is 31.1 Å². The molecular weight excluding hydrogens is 395 g/mol. The van der Waals surface area contributed by atoms with E-state index >= 15 is 0 Å². The SMILES string of the molecule is Cc1nc(N2CCN(C(=O)c3cccc(C(F)(F)F)c3)CC2)cc(-n2cccc2)n1. The zero-order chi connectivity index (χ0) is 21.3. The molecule has 9 heteroatoms. The van der Waals surface area contributed by atoms with Gasteiger partial charge in [-0.3, -0.25) is 4.79 Å². The number of hydrogen-bond acceptors (Lipinski definition) is 4. The number of anilines is 1. The van der Waals surface area contributed by atoms with Crippen LogP contribution in [0.1, 0.15) is 21.7 Å². The standard InChI is InChI=1S/C21H20F3N5O/c1-15-25-18(27-7-2-3-8-27)14-19(26-15)28-9-11-29(12-10-28)20(30)16-5-4-6-17(13-16)21(22,23)24/h2-8,13-14H,9-12H2,1H3. The first-order chi connectivity index (χ1) is 14.3. The number of aryl methyl sites for hydroxylation is 1. The Hall–Kier alpha value is -3.36. The second-order valence-electron chi connectivity index (χ2n) is 7.08. The average molecular weight is 415 g/mol. The van der Waals surface area contributed by atoms with Crippen LogP contribution in [-0.2, 0) is 6.18 Å². The van der Waals surface area contributed by atoms with Crippen LogP contribution in [0.5, 0.6) is 0 Å². The molecule has 156 valence electrons. The van der Waals surface area contributed by atoms with Crippen molar-refractivity contribution in [2.24, 2.45) is 0 Å². The molecule has 3 aromatic rings. The summed E-state index contributed by atoms with van der Waals surface area (Å²) >= 11 is 0. The van der Waals surface area contributed by atoms with Crippen molar-refractivity contribution >= 4 is 11.7 Å². The zero-order valence-electron chi connectivity index (χ0n) is 16.3. The highest BCUT2D eigenvalue weighted by molar-refractivity contribution is 5.94. The van der Waals surface area contributed by atoms with Gasteiger partial charge in [0.25, 0.3) is 5.91 Å². The molecule has 1 aliphatic heterocycles. The fourth-order valence-corrected chi connectivity index (χ4v) is 3.47. The first-order valence-corrected chi connectivity index (χ1v) is 9.52. The number of benzene rings is 1. The number of carbonyl (C=O) groups is 1. The van der Waals surface area contributed by atoms with Crippen LogP contribution in [0, 0.1) is 6.92 Å².